The Bertz CT molecular complexity index is 450. The van der Waals surface area contributed by atoms with Crippen LogP contribution >= 0.6 is 0 Å². The molecule has 96 valence electrons. The Morgan fingerprint density at radius 3 is 2.72 bits per heavy atom. The highest BCUT2D eigenvalue weighted by molar-refractivity contribution is 6.26. The molecular weight excluding hydrogens is 228 g/mol. The van der Waals surface area contributed by atoms with Gasteiger partial charge in [-0.2, -0.15) is 0 Å². The molecular formula is C13H18N4O. The molecule has 0 aliphatic carbocycles. The van der Waals surface area contributed by atoms with Crippen molar-refractivity contribution in [2.24, 2.45) is 4.99 Å². The highest BCUT2D eigenvalue weighted by Gasteiger charge is 2.17. The van der Waals surface area contributed by atoms with Gasteiger partial charge >= 0.3 is 0 Å². The van der Waals surface area contributed by atoms with E-state index in [1.807, 2.05) is 17.0 Å². The maximum atomic E-state index is 11.9. The summed E-state index contributed by atoms with van der Waals surface area (Å²) in [5.41, 5.74) is 7.00. The first-order valence-electron chi connectivity index (χ1n) is 6.02. The molecule has 1 amide bonds. The Hall–Kier alpha value is -1.88. The van der Waals surface area contributed by atoms with Crippen LogP contribution in [0.3, 0.4) is 0 Å². The number of carbonyl (C=O) groups excluding carboxylic acids is 1. The van der Waals surface area contributed by atoms with Crippen LogP contribution in [0.1, 0.15) is 0 Å². The average molecular weight is 246 g/mol. The maximum absolute atomic E-state index is 11.9. The van der Waals surface area contributed by atoms with Crippen LogP contribution in [-0.4, -0.2) is 55.1 Å². The van der Waals surface area contributed by atoms with Gasteiger partial charge in [-0.1, -0.05) is 6.07 Å². The number of anilines is 1. The summed E-state index contributed by atoms with van der Waals surface area (Å²) in [6.45, 7) is 3.35. The van der Waals surface area contributed by atoms with Crippen molar-refractivity contribution in [3.05, 3.63) is 24.3 Å². The number of nitrogens with two attached hydrogens (primary N) is 1. The Morgan fingerprint density at radius 1 is 1.33 bits per heavy atom. The van der Waals surface area contributed by atoms with Gasteiger partial charge in [-0.3, -0.25) is 9.79 Å². The number of hydrogen-bond acceptors (Lipinski definition) is 4. The van der Waals surface area contributed by atoms with E-state index in [4.69, 9.17) is 5.73 Å². The zero-order valence-electron chi connectivity index (χ0n) is 10.5. The highest BCUT2D eigenvalue weighted by Crippen LogP contribution is 2.14. The second-order valence-corrected chi connectivity index (χ2v) is 4.48. The second kappa shape index (κ2) is 5.64. The molecule has 0 radical (unpaired) electrons. The van der Waals surface area contributed by atoms with E-state index in [1.165, 1.54) is 6.21 Å². The molecule has 18 heavy (non-hydrogen) atoms. The summed E-state index contributed by atoms with van der Waals surface area (Å²) in [4.78, 5) is 20.1. The van der Waals surface area contributed by atoms with Gasteiger partial charge in [0.15, 0.2) is 0 Å². The quantitative estimate of drug-likeness (QED) is 0.618. The van der Waals surface area contributed by atoms with Gasteiger partial charge in [0.2, 0.25) is 0 Å². The molecule has 5 nitrogen and oxygen atoms in total. The summed E-state index contributed by atoms with van der Waals surface area (Å²) in [6, 6.07) is 7.18. The van der Waals surface area contributed by atoms with E-state index < -0.39 is 0 Å². The third kappa shape index (κ3) is 3.30. The minimum absolute atomic E-state index is 0.0366. The summed E-state index contributed by atoms with van der Waals surface area (Å²) in [5, 5.41) is 0. The zero-order chi connectivity index (χ0) is 13.0. The van der Waals surface area contributed by atoms with Crippen LogP contribution in [0.2, 0.25) is 0 Å². The lowest BCUT2D eigenvalue weighted by atomic mass is 10.3. The van der Waals surface area contributed by atoms with Crippen molar-refractivity contribution in [2.45, 2.75) is 0 Å². The first-order valence-corrected chi connectivity index (χ1v) is 6.02. The number of hydrogen-bond donors (Lipinski definition) is 1. The van der Waals surface area contributed by atoms with E-state index in [2.05, 4.69) is 16.9 Å². The molecule has 2 N–H and O–H groups in total. The number of carbonyl (C=O) groups is 1. The number of benzene rings is 1. The van der Waals surface area contributed by atoms with Crippen molar-refractivity contribution in [3.8, 4) is 0 Å². The van der Waals surface area contributed by atoms with Crippen LogP contribution in [0.25, 0.3) is 0 Å². The normalized spacial score (nSPS) is 17.3. The predicted octanol–water partition coefficient (Wildman–Crippen LogP) is 0.745. The van der Waals surface area contributed by atoms with Crippen molar-refractivity contribution < 1.29 is 4.79 Å². The van der Waals surface area contributed by atoms with Gasteiger partial charge in [0.1, 0.15) is 0 Å². The molecule has 0 bridgehead atoms. The number of likely N-dealkylation sites (N-methyl/N-ethyl adjacent to an activating group) is 1. The van der Waals surface area contributed by atoms with Crippen molar-refractivity contribution in [1.82, 2.24) is 9.80 Å². The van der Waals surface area contributed by atoms with Crippen molar-refractivity contribution in [3.63, 3.8) is 0 Å². The van der Waals surface area contributed by atoms with Crippen LogP contribution in [0.15, 0.2) is 29.3 Å². The number of rotatable bonds is 2. The zero-order valence-corrected chi connectivity index (χ0v) is 10.5. The van der Waals surface area contributed by atoms with Crippen LogP contribution in [0, 0.1) is 0 Å². The summed E-state index contributed by atoms with van der Waals surface area (Å²) in [5.74, 6) is -0.0366. The predicted molar refractivity (Wildman–Crippen MR) is 73.1 cm³/mol. The van der Waals surface area contributed by atoms with Crippen molar-refractivity contribution in [2.75, 3.05) is 39.0 Å². The molecule has 2 rings (SSSR count). The molecule has 0 saturated carbocycles. The molecule has 0 spiro atoms. The molecule has 1 fully saturated rings. The van der Waals surface area contributed by atoms with Gasteiger partial charge in [-0.25, -0.2) is 0 Å². The molecule has 0 atom stereocenters. The van der Waals surface area contributed by atoms with Crippen LogP contribution < -0.4 is 5.73 Å². The topological polar surface area (TPSA) is 61.9 Å². The first-order chi connectivity index (χ1) is 8.65. The molecule has 1 aromatic rings. The Labute approximate surface area is 107 Å². The van der Waals surface area contributed by atoms with Crippen molar-refractivity contribution in [1.29, 1.82) is 0 Å². The number of piperazine rings is 1. The lowest BCUT2D eigenvalue weighted by molar-refractivity contribution is -0.125. The average Bonchev–Trinajstić information content (AvgIpc) is 2.37. The summed E-state index contributed by atoms with van der Waals surface area (Å²) in [7, 11) is 2.06. The monoisotopic (exact) mass is 246 g/mol. The van der Waals surface area contributed by atoms with Gasteiger partial charge < -0.3 is 15.5 Å². The summed E-state index contributed by atoms with van der Waals surface area (Å²) < 4.78 is 0. The molecule has 1 aliphatic heterocycles. The van der Waals surface area contributed by atoms with E-state index in [9.17, 15) is 4.79 Å². The largest absolute Gasteiger partial charge is 0.399 e. The van der Waals surface area contributed by atoms with E-state index in [-0.39, 0.29) is 5.91 Å². The van der Waals surface area contributed by atoms with Crippen molar-refractivity contribution >= 4 is 23.5 Å². The number of nitrogens with zero attached hydrogens (tertiary/aromatic N) is 3. The third-order valence-electron chi connectivity index (χ3n) is 3.01. The van der Waals surface area contributed by atoms with Gasteiger partial charge in [0.25, 0.3) is 5.91 Å². The van der Waals surface area contributed by atoms with E-state index in [1.54, 1.807) is 12.1 Å². The molecule has 1 aromatic carbocycles. The van der Waals surface area contributed by atoms with Crippen LogP contribution in [-0.2, 0) is 4.79 Å². The molecule has 1 saturated heterocycles. The fourth-order valence-corrected chi connectivity index (χ4v) is 1.84. The SMILES string of the molecule is CN1CCN(C(=O)C=Nc2cccc(N)c2)CC1. The smallest absolute Gasteiger partial charge is 0.265 e. The number of aliphatic imine (C=N–C) groups is 1. The lowest BCUT2D eigenvalue weighted by Gasteiger charge is -2.31. The summed E-state index contributed by atoms with van der Waals surface area (Å²) in [6.07, 6.45) is 1.38. The number of amides is 1. The van der Waals surface area contributed by atoms with E-state index >= 15 is 0 Å². The molecule has 1 aliphatic rings. The van der Waals surface area contributed by atoms with Gasteiger partial charge in [0.05, 0.1) is 11.9 Å². The van der Waals surface area contributed by atoms with E-state index in [0.717, 1.165) is 26.2 Å². The molecule has 5 heteroatoms. The Kier molecular flexibility index (Phi) is 3.94. The third-order valence-corrected chi connectivity index (χ3v) is 3.01. The van der Waals surface area contributed by atoms with E-state index in [0.29, 0.717) is 11.4 Å². The molecule has 0 unspecified atom stereocenters. The number of nitrogen functional groups attached to an aromatic ring is 1. The standard InChI is InChI=1S/C13H18N4O/c1-16-5-7-17(8-6-16)13(18)10-15-12-4-2-3-11(14)9-12/h2-4,9-10H,5-8,14H2,1H3. The van der Waals surface area contributed by atoms with Gasteiger partial charge in [-0.05, 0) is 25.2 Å². The second-order valence-electron chi connectivity index (χ2n) is 4.48. The minimum atomic E-state index is -0.0366. The Morgan fingerprint density at radius 2 is 2.06 bits per heavy atom. The summed E-state index contributed by atoms with van der Waals surface area (Å²) >= 11 is 0. The molecule has 0 aromatic heterocycles. The van der Waals surface area contributed by atoms with Crippen LogP contribution in [0.5, 0.6) is 0 Å². The molecule has 1 heterocycles. The first kappa shape index (κ1) is 12.6. The highest BCUT2D eigenvalue weighted by atomic mass is 16.2. The maximum Gasteiger partial charge on any atom is 0.265 e. The van der Waals surface area contributed by atoms with Gasteiger partial charge in [-0.15, -0.1) is 0 Å². The van der Waals surface area contributed by atoms with Gasteiger partial charge in [0, 0.05) is 31.9 Å². The fourth-order valence-electron chi connectivity index (χ4n) is 1.84. The Balaban J connectivity index is 1.94. The lowest BCUT2D eigenvalue weighted by Crippen LogP contribution is -2.47. The van der Waals surface area contributed by atoms with Crippen LogP contribution in [0.4, 0.5) is 11.4 Å². The minimum Gasteiger partial charge on any atom is -0.399 e. The fraction of sp³-hybridized carbons (Fsp3) is 0.385.